The molecule has 7 nitrogen and oxygen atoms in total. The Kier molecular flexibility index (Phi) is 4.28. The van der Waals surface area contributed by atoms with Gasteiger partial charge in [0.25, 0.3) is 5.91 Å². The number of nitrogens with one attached hydrogen (secondary N) is 1. The van der Waals surface area contributed by atoms with Crippen LogP contribution in [0.15, 0.2) is 55.2 Å². The molecule has 0 aliphatic heterocycles. The van der Waals surface area contributed by atoms with Crippen molar-refractivity contribution in [1.29, 1.82) is 0 Å². The van der Waals surface area contributed by atoms with Crippen LogP contribution in [0.5, 0.6) is 5.88 Å². The molecule has 0 saturated heterocycles. The van der Waals surface area contributed by atoms with Crippen molar-refractivity contribution in [2.75, 3.05) is 7.11 Å². The van der Waals surface area contributed by atoms with Crippen LogP contribution in [0.1, 0.15) is 15.9 Å². The quantitative estimate of drug-likeness (QED) is 0.774. The van der Waals surface area contributed by atoms with Crippen LogP contribution in [0.4, 0.5) is 0 Å². The number of hydrogen-bond donors (Lipinski definition) is 1. The van der Waals surface area contributed by atoms with E-state index in [0.717, 1.165) is 11.3 Å². The fourth-order valence-corrected chi connectivity index (χ4v) is 2.13. The van der Waals surface area contributed by atoms with Gasteiger partial charge in [0.05, 0.1) is 12.8 Å². The van der Waals surface area contributed by atoms with E-state index in [1.165, 1.54) is 6.33 Å². The third-order valence-electron chi connectivity index (χ3n) is 3.30. The predicted molar refractivity (Wildman–Crippen MR) is 83.3 cm³/mol. The molecule has 0 bridgehead atoms. The number of ether oxygens (including phenoxy) is 1. The summed E-state index contributed by atoms with van der Waals surface area (Å²) >= 11 is 0. The van der Waals surface area contributed by atoms with E-state index in [2.05, 4.69) is 20.4 Å². The molecule has 7 heteroatoms. The number of hydrogen-bond acceptors (Lipinski definition) is 5. The molecule has 1 amide bonds. The molecule has 1 N–H and O–H groups in total. The average Bonchev–Trinajstić information content (AvgIpc) is 3.14. The van der Waals surface area contributed by atoms with Gasteiger partial charge in [-0.05, 0) is 30.3 Å². The topological polar surface area (TPSA) is 81.9 Å². The van der Waals surface area contributed by atoms with Gasteiger partial charge in [-0.25, -0.2) is 14.6 Å². The first-order valence-corrected chi connectivity index (χ1v) is 6.99. The molecular formula is C16H15N5O2. The van der Waals surface area contributed by atoms with E-state index in [1.807, 2.05) is 18.2 Å². The minimum atomic E-state index is -0.166. The van der Waals surface area contributed by atoms with Crippen LogP contribution in [0.3, 0.4) is 0 Å². The van der Waals surface area contributed by atoms with E-state index in [4.69, 9.17) is 4.74 Å². The highest BCUT2D eigenvalue weighted by molar-refractivity contribution is 5.94. The summed E-state index contributed by atoms with van der Waals surface area (Å²) in [5.74, 6) is 0.343. The van der Waals surface area contributed by atoms with Gasteiger partial charge in [0.1, 0.15) is 12.7 Å². The molecule has 1 aromatic carbocycles. The number of methoxy groups -OCH3 is 1. The number of benzene rings is 1. The molecule has 23 heavy (non-hydrogen) atoms. The summed E-state index contributed by atoms with van der Waals surface area (Å²) in [6, 6.07) is 10.8. The minimum Gasteiger partial charge on any atom is -0.481 e. The maximum absolute atomic E-state index is 12.2. The predicted octanol–water partition coefficient (Wildman–Crippen LogP) is 1.60. The van der Waals surface area contributed by atoms with E-state index < -0.39 is 0 Å². The average molecular weight is 309 g/mol. The molecule has 3 rings (SSSR count). The number of nitrogens with zero attached hydrogens (tertiary/aromatic N) is 4. The van der Waals surface area contributed by atoms with Gasteiger partial charge in [-0.15, -0.1) is 0 Å². The van der Waals surface area contributed by atoms with Gasteiger partial charge in [0.15, 0.2) is 0 Å². The molecule has 0 saturated carbocycles. The van der Waals surface area contributed by atoms with Crippen LogP contribution in [0, 0.1) is 0 Å². The number of aromatic nitrogens is 4. The van der Waals surface area contributed by atoms with Crippen molar-refractivity contribution in [3.63, 3.8) is 0 Å². The highest BCUT2D eigenvalue weighted by Gasteiger charge is 2.08. The Morgan fingerprint density at radius 3 is 2.78 bits per heavy atom. The zero-order valence-electron chi connectivity index (χ0n) is 12.5. The molecule has 0 aliphatic rings. The Labute approximate surface area is 133 Å². The fraction of sp³-hybridized carbons (Fsp3) is 0.125. The van der Waals surface area contributed by atoms with Gasteiger partial charge in [-0.2, -0.15) is 5.10 Å². The monoisotopic (exact) mass is 309 g/mol. The second kappa shape index (κ2) is 6.69. The summed E-state index contributed by atoms with van der Waals surface area (Å²) in [6.07, 6.45) is 4.71. The standard InChI is InChI=1S/C16H15N5O2/c1-23-16-13(3-2-8-18-16)9-19-15(22)12-4-6-14(7-5-12)21-11-17-10-20-21/h2-8,10-11H,9H2,1H3,(H,19,22). The zero-order chi connectivity index (χ0) is 16.1. The van der Waals surface area contributed by atoms with Crippen molar-refractivity contribution < 1.29 is 9.53 Å². The van der Waals surface area contributed by atoms with E-state index in [-0.39, 0.29) is 5.91 Å². The van der Waals surface area contributed by atoms with Crippen molar-refractivity contribution in [3.05, 3.63) is 66.4 Å². The van der Waals surface area contributed by atoms with Gasteiger partial charge < -0.3 is 10.1 Å². The second-order valence-electron chi connectivity index (χ2n) is 4.74. The molecule has 2 heterocycles. The molecule has 0 atom stereocenters. The van der Waals surface area contributed by atoms with E-state index in [9.17, 15) is 4.79 Å². The third-order valence-corrected chi connectivity index (χ3v) is 3.30. The first-order valence-electron chi connectivity index (χ1n) is 6.99. The highest BCUT2D eigenvalue weighted by atomic mass is 16.5. The summed E-state index contributed by atoms with van der Waals surface area (Å²) in [5.41, 5.74) is 2.23. The Morgan fingerprint density at radius 1 is 1.26 bits per heavy atom. The number of amides is 1. The zero-order valence-corrected chi connectivity index (χ0v) is 12.5. The fourth-order valence-electron chi connectivity index (χ4n) is 2.13. The molecule has 0 radical (unpaired) electrons. The molecule has 116 valence electrons. The van der Waals surface area contributed by atoms with Gasteiger partial charge in [-0.3, -0.25) is 4.79 Å². The molecule has 0 aliphatic carbocycles. The lowest BCUT2D eigenvalue weighted by molar-refractivity contribution is 0.0950. The van der Waals surface area contributed by atoms with Crippen molar-refractivity contribution in [1.82, 2.24) is 25.1 Å². The van der Waals surface area contributed by atoms with Crippen molar-refractivity contribution in [2.24, 2.45) is 0 Å². The number of pyridine rings is 1. The second-order valence-corrected chi connectivity index (χ2v) is 4.74. The van der Waals surface area contributed by atoms with Gasteiger partial charge >= 0.3 is 0 Å². The Bertz CT molecular complexity index is 784. The normalized spacial score (nSPS) is 10.3. The Morgan fingerprint density at radius 2 is 2.09 bits per heavy atom. The minimum absolute atomic E-state index is 0.166. The highest BCUT2D eigenvalue weighted by Crippen LogP contribution is 2.13. The molecule has 0 spiro atoms. The maximum atomic E-state index is 12.2. The first-order chi connectivity index (χ1) is 11.3. The molecule has 0 unspecified atom stereocenters. The number of rotatable bonds is 5. The van der Waals surface area contributed by atoms with E-state index in [1.54, 1.807) is 42.5 Å². The molecule has 0 fully saturated rings. The first kappa shape index (κ1) is 14.7. The maximum Gasteiger partial charge on any atom is 0.251 e. The Balaban J connectivity index is 1.66. The Hall–Kier alpha value is -3.22. The number of carbonyl (C=O) groups is 1. The van der Waals surface area contributed by atoms with Crippen molar-refractivity contribution in [3.8, 4) is 11.6 Å². The van der Waals surface area contributed by atoms with Crippen LogP contribution < -0.4 is 10.1 Å². The van der Waals surface area contributed by atoms with Crippen molar-refractivity contribution >= 4 is 5.91 Å². The lowest BCUT2D eigenvalue weighted by Gasteiger charge is -2.09. The summed E-state index contributed by atoms with van der Waals surface area (Å²) in [7, 11) is 1.55. The van der Waals surface area contributed by atoms with Crippen molar-refractivity contribution in [2.45, 2.75) is 6.54 Å². The molecule has 2 aromatic heterocycles. The summed E-state index contributed by atoms with van der Waals surface area (Å²) in [5, 5.41) is 6.89. The van der Waals surface area contributed by atoms with Crippen LogP contribution in [0.2, 0.25) is 0 Å². The van der Waals surface area contributed by atoms with Gasteiger partial charge in [0.2, 0.25) is 5.88 Å². The summed E-state index contributed by atoms with van der Waals surface area (Å²) < 4.78 is 6.79. The van der Waals surface area contributed by atoms with Gasteiger partial charge in [-0.1, -0.05) is 6.07 Å². The van der Waals surface area contributed by atoms with Crippen LogP contribution in [-0.4, -0.2) is 32.8 Å². The summed E-state index contributed by atoms with van der Waals surface area (Å²) in [6.45, 7) is 0.348. The SMILES string of the molecule is COc1ncccc1CNC(=O)c1ccc(-n2cncn2)cc1. The van der Waals surface area contributed by atoms with E-state index in [0.29, 0.717) is 18.0 Å². The molecule has 3 aromatic rings. The van der Waals surface area contributed by atoms with Gasteiger partial charge in [0, 0.05) is 23.9 Å². The lowest BCUT2D eigenvalue weighted by atomic mass is 10.2. The molecular weight excluding hydrogens is 294 g/mol. The number of carbonyl (C=O) groups excluding carboxylic acids is 1. The van der Waals surface area contributed by atoms with E-state index >= 15 is 0 Å². The smallest absolute Gasteiger partial charge is 0.251 e. The van der Waals surface area contributed by atoms with Crippen LogP contribution >= 0.6 is 0 Å². The third kappa shape index (κ3) is 3.34. The largest absolute Gasteiger partial charge is 0.481 e. The lowest BCUT2D eigenvalue weighted by Crippen LogP contribution is -2.23. The summed E-state index contributed by atoms with van der Waals surface area (Å²) in [4.78, 5) is 20.2. The van der Waals surface area contributed by atoms with Crippen LogP contribution in [0.25, 0.3) is 5.69 Å². The van der Waals surface area contributed by atoms with Crippen LogP contribution in [-0.2, 0) is 6.54 Å².